The molecule has 9 nitrogen and oxygen atoms in total. The molecular formula is C29H28F2N8O. The summed E-state index contributed by atoms with van der Waals surface area (Å²) < 4.78 is 35.9. The molecule has 0 radical (unpaired) electrons. The lowest BCUT2D eigenvalue weighted by Gasteiger charge is -2.36. The van der Waals surface area contributed by atoms with Gasteiger partial charge in [0.2, 0.25) is 0 Å². The molecule has 2 fully saturated rings. The molecule has 0 spiro atoms. The summed E-state index contributed by atoms with van der Waals surface area (Å²) in [5.74, 6) is 0.631. The molecule has 1 saturated heterocycles. The third-order valence-electron chi connectivity index (χ3n) is 7.39. The van der Waals surface area contributed by atoms with Gasteiger partial charge >= 0.3 is 6.01 Å². The van der Waals surface area contributed by atoms with Crippen LogP contribution < -0.4 is 19.9 Å². The number of nitrogens with zero attached hydrogens (tertiary/aromatic N) is 5. The molecule has 1 aliphatic carbocycles. The fourth-order valence-corrected chi connectivity index (χ4v) is 5.16. The van der Waals surface area contributed by atoms with E-state index in [0.29, 0.717) is 29.1 Å². The highest BCUT2D eigenvalue weighted by atomic mass is 19.1. The number of ether oxygens (including phenoxy) is 1. The third-order valence-corrected chi connectivity index (χ3v) is 7.39. The van der Waals surface area contributed by atoms with Crippen LogP contribution in [0.3, 0.4) is 0 Å². The number of aromatic amines is 2. The van der Waals surface area contributed by atoms with Crippen LogP contribution in [-0.4, -0.2) is 51.3 Å². The van der Waals surface area contributed by atoms with Crippen molar-refractivity contribution >= 4 is 34.0 Å². The quantitative estimate of drug-likeness (QED) is 0.232. The van der Waals surface area contributed by atoms with Crippen LogP contribution in [0.4, 0.5) is 31.9 Å². The molecule has 0 amide bonds. The number of aryl methyl sites for hydroxylation is 1. The average Bonchev–Trinajstić information content (AvgIpc) is 3.58. The number of nitrogens with one attached hydrogen (secondary N) is 3. The molecule has 40 heavy (non-hydrogen) atoms. The first kappa shape index (κ1) is 24.4. The first-order valence-corrected chi connectivity index (χ1v) is 13.4. The number of fused-ring (bicyclic) bond motifs is 1. The summed E-state index contributed by atoms with van der Waals surface area (Å²) in [6.07, 6.45) is 2.30. The highest BCUT2D eigenvalue weighted by Crippen LogP contribution is 2.40. The number of rotatable bonds is 7. The van der Waals surface area contributed by atoms with Crippen molar-refractivity contribution in [2.75, 3.05) is 41.3 Å². The van der Waals surface area contributed by atoms with Crippen LogP contribution in [-0.2, 0) is 0 Å². The fourth-order valence-electron chi connectivity index (χ4n) is 5.16. The van der Waals surface area contributed by atoms with Gasteiger partial charge in [0, 0.05) is 72.8 Å². The van der Waals surface area contributed by atoms with E-state index in [0.717, 1.165) is 50.8 Å². The Morgan fingerprint density at radius 1 is 0.925 bits per heavy atom. The Bertz CT molecular complexity index is 1670. The van der Waals surface area contributed by atoms with Gasteiger partial charge in [-0.3, -0.25) is 5.10 Å². The lowest BCUT2D eigenvalue weighted by molar-refractivity contribution is 0.410. The number of anilines is 4. The van der Waals surface area contributed by atoms with Gasteiger partial charge in [-0.25, -0.2) is 8.78 Å². The standard InChI is InChI=1S/C29H28F2N8O/c1-17-13-20-27(31)23(14-21(30)28(20)32-17)40-29-34-24(33-25-15-22(36-37-25)18-7-8-18)16-26(35-29)39-11-9-38(10-12-39)19-5-3-2-4-6-19/h2-6,13-16,18,32H,7-12H2,1H3,(H2,33,34,35,36,37). The maximum absolute atomic E-state index is 15.3. The first-order valence-electron chi connectivity index (χ1n) is 13.4. The lowest BCUT2D eigenvalue weighted by atomic mass is 10.2. The maximum Gasteiger partial charge on any atom is 0.326 e. The van der Waals surface area contributed by atoms with Gasteiger partial charge in [-0.05, 0) is 38.0 Å². The van der Waals surface area contributed by atoms with Crippen molar-refractivity contribution in [3.63, 3.8) is 0 Å². The fraction of sp³-hybridized carbons (Fsp3) is 0.276. The van der Waals surface area contributed by atoms with Crippen LogP contribution in [0.15, 0.2) is 54.6 Å². The van der Waals surface area contributed by atoms with Gasteiger partial charge in [0.05, 0.1) is 5.52 Å². The minimum atomic E-state index is -0.679. The molecule has 0 atom stereocenters. The molecule has 1 saturated carbocycles. The van der Waals surface area contributed by atoms with Gasteiger partial charge < -0.3 is 24.8 Å². The number of benzene rings is 2. The summed E-state index contributed by atoms with van der Waals surface area (Å²) in [7, 11) is 0. The van der Waals surface area contributed by atoms with Crippen LogP contribution in [0.2, 0.25) is 0 Å². The summed E-state index contributed by atoms with van der Waals surface area (Å²) in [5.41, 5.74) is 3.00. The normalized spacial score (nSPS) is 15.6. The largest absolute Gasteiger partial charge is 0.421 e. The van der Waals surface area contributed by atoms with E-state index in [1.807, 2.05) is 30.3 Å². The van der Waals surface area contributed by atoms with Gasteiger partial charge in [0.1, 0.15) is 11.6 Å². The van der Waals surface area contributed by atoms with Gasteiger partial charge in [0.15, 0.2) is 23.2 Å². The molecule has 2 aliphatic rings. The predicted octanol–water partition coefficient (Wildman–Crippen LogP) is 6.01. The van der Waals surface area contributed by atoms with Crippen LogP contribution in [0.1, 0.15) is 30.1 Å². The number of piperazine rings is 1. The minimum Gasteiger partial charge on any atom is -0.421 e. The van der Waals surface area contributed by atoms with Crippen LogP contribution >= 0.6 is 0 Å². The topological polar surface area (TPSA) is 98.0 Å². The van der Waals surface area contributed by atoms with Gasteiger partial charge in [-0.2, -0.15) is 15.1 Å². The van der Waals surface area contributed by atoms with Crippen molar-refractivity contribution in [1.82, 2.24) is 25.1 Å². The summed E-state index contributed by atoms with van der Waals surface area (Å²) in [6.45, 7) is 4.79. The second-order valence-corrected chi connectivity index (χ2v) is 10.3. The number of para-hydroxylation sites is 1. The molecule has 4 heterocycles. The smallest absolute Gasteiger partial charge is 0.326 e. The molecule has 0 unspecified atom stereocenters. The number of H-pyrrole nitrogens is 2. The molecular weight excluding hydrogens is 514 g/mol. The van der Waals surface area contributed by atoms with Gasteiger partial charge in [0.25, 0.3) is 0 Å². The number of aromatic nitrogens is 5. The van der Waals surface area contributed by atoms with E-state index in [2.05, 4.69) is 52.4 Å². The summed E-state index contributed by atoms with van der Waals surface area (Å²) in [6, 6.07) is 16.5. The molecule has 1 aliphatic heterocycles. The maximum atomic E-state index is 15.3. The Morgan fingerprint density at radius 3 is 2.48 bits per heavy atom. The van der Waals surface area contributed by atoms with E-state index in [-0.39, 0.29) is 22.7 Å². The van der Waals surface area contributed by atoms with E-state index >= 15 is 4.39 Å². The van der Waals surface area contributed by atoms with Crippen LogP contribution in [0.25, 0.3) is 10.9 Å². The van der Waals surface area contributed by atoms with Crippen LogP contribution in [0, 0.1) is 18.6 Å². The van der Waals surface area contributed by atoms with E-state index in [4.69, 9.17) is 4.74 Å². The Morgan fingerprint density at radius 2 is 1.70 bits per heavy atom. The molecule has 204 valence electrons. The van der Waals surface area contributed by atoms with E-state index in [1.165, 1.54) is 5.69 Å². The van der Waals surface area contributed by atoms with Crippen LogP contribution in [0.5, 0.6) is 11.8 Å². The average molecular weight is 543 g/mol. The Kier molecular flexibility index (Phi) is 5.98. The third kappa shape index (κ3) is 4.78. The van der Waals surface area contributed by atoms with Gasteiger partial charge in [-0.1, -0.05) is 18.2 Å². The van der Waals surface area contributed by atoms with Crippen molar-refractivity contribution in [3.05, 3.63) is 77.6 Å². The molecule has 3 N–H and O–H groups in total. The first-order chi connectivity index (χ1) is 19.5. The monoisotopic (exact) mass is 542 g/mol. The zero-order chi connectivity index (χ0) is 27.2. The number of hydrogen-bond acceptors (Lipinski definition) is 7. The Balaban J connectivity index is 1.19. The Labute approximate surface area is 229 Å². The SMILES string of the molecule is Cc1cc2c(F)c(Oc3nc(Nc4cc(C5CC5)[nH]n4)cc(N4CCN(c5ccccc5)CC4)n3)cc(F)c2[nH]1. The van der Waals surface area contributed by atoms with Crippen molar-refractivity contribution < 1.29 is 13.5 Å². The minimum absolute atomic E-state index is 0.0895. The number of hydrogen-bond donors (Lipinski definition) is 3. The van der Waals surface area contributed by atoms with Crippen molar-refractivity contribution in [2.45, 2.75) is 25.7 Å². The molecule has 11 heteroatoms. The Hall–Kier alpha value is -4.67. The second-order valence-electron chi connectivity index (χ2n) is 10.3. The second kappa shape index (κ2) is 9.82. The molecule has 3 aromatic heterocycles. The highest BCUT2D eigenvalue weighted by molar-refractivity contribution is 5.83. The lowest BCUT2D eigenvalue weighted by Crippen LogP contribution is -2.46. The molecule has 0 bridgehead atoms. The van der Waals surface area contributed by atoms with Crippen molar-refractivity contribution in [3.8, 4) is 11.8 Å². The molecule has 5 aromatic rings. The summed E-state index contributed by atoms with van der Waals surface area (Å²) in [5, 5.41) is 10.8. The zero-order valence-corrected chi connectivity index (χ0v) is 21.9. The van der Waals surface area contributed by atoms with E-state index in [9.17, 15) is 4.39 Å². The van der Waals surface area contributed by atoms with Gasteiger partial charge in [-0.15, -0.1) is 0 Å². The highest BCUT2D eigenvalue weighted by Gasteiger charge is 2.26. The molecule has 2 aromatic carbocycles. The summed E-state index contributed by atoms with van der Waals surface area (Å²) >= 11 is 0. The van der Waals surface area contributed by atoms with Crippen molar-refractivity contribution in [1.29, 1.82) is 0 Å². The van der Waals surface area contributed by atoms with Crippen molar-refractivity contribution in [2.24, 2.45) is 0 Å². The zero-order valence-electron chi connectivity index (χ0n) is 21.9. The van der Waals surface area contributed by atoms with E-state index < -0.39 is 11.6 Å². The predicted molar refractivity (Wildman–Crippen MR) is 150 cm³/mol. The van der Waals surface area contributed by atoms with E-state index in [1.54, 1.807) is 13.0 Å². The molecule has 7 rings (SSSR count). The number of halogens is 2. The summed E-state index contributed by atoms with van der Waals surface area (Å²) in [4.78, 5) is 16.4.